The Bertz CT molecular complexity index is 311. The van der Waals surface area contributed by atoms with Gasteiger partial charge in [0, 0.05) is 12.6 Å². The third-order valence-electron chi connectivity index (χ3n) is 1.62. The van der Waals surface area contributed by atoms with Crippen LogP contribution in [-0.2, 0) is 6.54 Å². The fraction of sp³-hybridized carbons (Fsp3) is 0.250. The summed E-state index contributed by atoms with van der Waals surface area (Å²) in [5, 5.41) is 0. The Labute approximate surface area is 72.2 Å². The number of benzene rings is 1. The van der Waals surface area contributed by atoms with Gasteiger partial charge in [-0.15, -0.1) is 0 Å². The molecule has 1 aromatic carbocycles. The highest BCUT2D eigenvalue weighted by Gasteiger charge is 2.18. The molecule has 0 unspecified atom stereocenters. The summed E-state index contributed by atoms with van der Waals surface area (Å²) in [6.45, 7) is -0.311. The Morgan fingerprint density at radius 3 is 2.31 bits per heavy atom. The molecular formula is C8H7F4N. The molecule has 0 aliphatic heterocycles. The highest BCUT2D eigenvalue weighted by molar-refractivity contribution is 5.30. The number of alkyl halides is 2. The predicted molar refractivity (Wildman–Crippen MR) is 39.2 cm³/mol. The van der Waals surface area contributed by atoms with Gasteiger partial charge in [-0.05, 0) is 11.6 Å². The monoisotopic (exact) mass is 193 g/mol. The van der Waals surface area contributed by atoms with Gasteiger partial charge in [0.1, 0.15) is 11.6 Å². The van der Waals surface area contributed by atoms with E-state index in [-0.39, 0.29) is 12.1 Å². The first-order valence-electron chi connectivity index (χ1n) is 3.52. The third kappa shape index (κ3) is 1.98. The van der Waals surface area contributed by atoms with Crippen molar-refractivity contribution in [2.24, 2.45) is 5.73 Å². The van der Waals surface area contributed by atoms with Crippen molar-refractivity contribution in [3.8, 4) is 0 Å². The summed E-state index contributed by atoms with van der Waals surface area (Å²) in [5.41, 5.74) is 4.04. The summed E-state index contributed by atoms with van der Waals surface area (Å²) in [7, 11) is 0. The second-order valence-corrected chi connectivity index (χ2v) is 2.47. The van der Waals surface area contributed by atoms with Gasteiger partial charge in [0.15, 0.2) is 0 Å². The van der Waals surface area contributed by atoms with Gasteiger partial charge in [0.2, 0.25) is 0 Å². The molecule has 0 aromatic heterocycles. The topological polar surface area (TPSA) is 26.0 Å². The van der Waals surface area contributed by atoms with E-state index in [1.165, 1.54) is 0 Å². The molecule has 0 atom stereocenters. The summed E-state index contributed by atoms with van der Waals surface area (Å²) in [6, 6.07) is 1.23. The van der Waals surface area contributed by atoms with E-state index < -0.39 is 23.6 Å². The quantitative estimate of drug-likeness (QED) is 0.717. The largest absolute Gasteiger partial charge is 0.326 e. The normalized spacial score (nSPS) is 10.9. The number of rotatable bonds is 2. The van der Waals surface area contributed by atoms with E-state index in [4.69, 9.17) is 5.73 Å². The molecule has 13 heavy (non-hydrogen) atoms. The second kappa shape index (κ2) is 3.74. The van der Waals surface area contributed by atoms with E-state index >= 15 is 0 Å². The van der Waals surface area contributed by atoms with Crippen molar-refractivity contribution in [2.45, 2.75) is 13.0 Å². The molecule has 0 heterocycles. The van der Waals surface area contributed by atoms with E-state index in [1.807, 2.05) is 0 Å². The van der Waals surface area contributed by atoms with Gasteiger partial charge in [0.25, 0.3) is 6.43 Å². The van der Waals surface area contributed by atoms with Gasteiger partial charge in [0.05, 0.1) is 5.56 Å². The van der Waals surface area contributed by atoms with Crippen molar-refractivity contribution in [3.05, 3.63) is 34.9 Å². The van der Waals surface area contributed by atoms with Gasteiger partial charge in [-0.1, -0.05) is 0 Å². The summed E-state index contributed by atoms with van der Waals surface area (Å²) in [6.07, 6.45) is -2.97. The first kappa shape index (κ1) is 9.98. The molecule has 0 aliphatic carbocycles. The zero-order chi connectivity index (χ0) is 10.0. The molecule has 1 aromatic rings. The molecule has 0 fully saturated rings. The Morgan fingerprint density at radius 1 is 1.23 bits per heavy atom. The first-order valence-corrected chi connectivity index (χ1v) is 3.52. The maximum atomic E-state index is 12.8. The second-order valence-electron chi connectivity index (χ2n) is 2.47. The summed E-state index contributed by atoms with van der Waals surface area (Å²) in [5.74, 6) is -2.15. The molecule has 1 rings (SSSR count). The zero-order valence-electron chi connectivity index (χ0n) is 6.53. The maximum Gasteiger partial charge on any atom is 0.266 e. The van der Waals surface area contributed by atoms with Crippen molar-refractivity contribution in [3.63, 3.8) is 0 Å². The van der Waals surface area contributed by atoms with E-state index in [0.717, 1.165) is 6.07 Å². The standard InChI is InChI=1S/C8H7F4N/c9-5-1-4(3-13)7(8(11)12)6(10)2-5/h1-2,8H,3,13H2. The molecule has 0 spiro atoms. The highest BCUT2D eigenvalue weighted by atomic mass is 19.3. The first-order chi connectivity index (χ1) is 6.06. The van der Waals surface area contributed by atoms with Crippen LogP contribution in [0, 0.1) is 11.6 Å². The number of hydrogen-bond donors (Lipinski definition) is 1. The van der Waals surface area contributed by atoms with Crippen molar-refractivity contribution in [1.29, 1.82) is 0 Å². The van der Waals surface area contributed by atoms with E-state index in [0.29, 0.717) is 6.07 Å². The van der Waals surface area contributed by atoms with Crippen LogP contribution in [-0.4, -0.2) is 0 Å². The van der Waals surface area contributed by atoms with Crippen LogP contribution in [0.15, 0.2) is 12.1 Å². The van der Waals surface area contributed by atoms with Crippen molar-refractivity contribution < 1.29 is 17.6 Å². The Kier molecular flexibility index (Phi) is 2.87. The lowest BCUT2D eigenvalue weighted by Crippen LogP contribution is -2.05. The Morgan fingerprint density at radius 2 is 1.85 bits per heavy atom. The smallest absolute Gasteiger partial charge is 0.266 e. The minimum Gasteiger partial charge on any atom is -0.326 e. The van der Waals surface area contributed by atoms with Gasteiger partial charge in [-0.2, -0.15) is 0 Å². The SMILES string of the molecule is NCc1cc(F)cc(F)c1C(F)F. The van der Waals surface area contributed by atoms with E-state index in [9.17, 15) is 17.6 Å². The molecular weight excluding hydrogens is 186 g/mol. The predicted octanol–water partition coefficient (Wildman–Crippen LogP) is 2.36. The molecule has 0 bridgehead atoms. The van der Waals surface area contributed by atoms with Crippen molar-refractivity contribution >= 4 is 0 Å². The van der Waals surface area contributed by atoms with Crippen LogP contribution in [0.25, 0.3) is 0 Å². The fourth-order valence-corrected chi connectivity index (χ4v) is 1.05. The lowest BCUT2D eigenvalue weighted by Gasteiger charge is -2.07. The van der Waals surface area contributed by atoms with Gasteiger partial charge in [-0.3, -0.25) is 0 Å². The van der Waals surface area contributed by atoms with Crippen molar-refractivity contribution in [1.82, 2.24) is 0 Å². The molecule has 1 nitrogen and oxygen atoms in total. The minimum atomic E-state index is -2.97. The molecule has 2 N–H and O–H groups in total. The molecule has 0 saturated heterocycles. The average Bonchev–Trinajstić information content (AvgIpc) is 2.01. The lowest BCUT2D eigenvalue weighted by molar-refractivity contribution is 0.145. The fourth-order valence-electron chi connectivity index (χ4n) is 1.05. The van der Waals surface area contributed by atoms with E-state index in [2.05, 4.69) is 0 Å². The van der Waals surface area contributed by atoms with Crippen LogP contribution in [0.2, 0.25) is 0 Å². The number of hydrogen-bond acceptors (Lipinski definition) is 1. The number of halogens is 4. The Hall–Kier alpha value is -1.10. The zero-order valence-corrected chi connectivity index (χ0v) is 6.53. The van der Waals surface area contributed by atoms with Gasteiger partial charge >= 0.3 is 0 Å². The van der Waals surface area contributed by atoms with Crippen LogP contribution in [0.3, 0.4) is 0 Å². The summed E-state index contributed by atoms with van der Waals surface area (Å²) < 4.78 is 49.7. The third-order valence-corrected chi connectivity index (χ3v) is 1.62. The molecule has 0 aliphatic rings. The maximum absolute atomic E-state index is 12.8. The average molecular weight is 193 g/mol. The summed E-state index contributed by atoms with van der Waals surface area (Å²) in [4.78, 5) is 0. The molecule has 72 valence electrons. The van der Waals surface area contributed by atoms with Crippen LogP contribution >= 0.6 is 0 Å². The van der Waals surface area contributed by atoms with E-state index in [1.54, 1.807) is 0 Å². The highest BCUT2D eigenvalue weighted by Crippen LogP contribution is 2.26. The van der Waals surface area contributed by atoms with Crippen molar-refractivity contribution in [2.75, 3.05) is 0 Å². The van der Waals surface area contributed by atoms with Crippen LogP contribution in [0.1, 0.15) is 17.6 Å². The van der Waals surface area contributed by atoms with Gasteiger partial charge < -0.3 is 5.73 Å². The van der Waals surface area contributed by atoms with Crippen LogP contribution in [0.5, 0.6) is 0 Å². The van der Waals surface area contributed by atoms with Crippen LogP contribution in [0.4, 0.5) is 17.6 Å². The molecule has 5 heteroatoms. The lowest BCUT2D eigenvalue weighted by atomic mass is 10.1. The van der Waals surface area contributed by atoms with Crippen LogP contribution < -0.4 is 5.73 Å². The molecule has 0 amide bonds. The molecule has 0 radical (unpaired) electrons. The Balaban J connectivity index is 3.30. The number of nitrogens with two attached hydrogens (primary N) is 1. The summed E-state index contributed by atoms with van der Waals surface area (Å²) >= 11 is 0. The molecule has 0 saturated carbocycles. The minimum absolute atomic E-state index is 0.201. The van der Waals surface area contributed by atoms with Gasteiger partial charge in [-0.25, -0.2) is 17.6 Å².